The molecule has 23 heavy (non-hydrogen) atoms. The Morgan fingerprint density at radius 3 is 2.26 bits per heavy atom. The highest BCUT2D eigenvalue weighted by Crippen LogP contribution is 2.28. The molecule has 0 aromatic heterocycles. The first kappa shape index (κ1) is 17.2. The van der Waals surface area contributed by atoms with Crippen molar-refractivity contribution in [3.8, 4) is 0 Å². The van der Waals surface area contributed by atoms with Crippen molar-refractivity contribution in [2.75, 3.05) is 13.1 Å². The van der Waals surface area contributed by atoms with Crippen molar-refractivity contribution < 1.29 is 9.53 Å². The molecular formula is C20H25NO2. The van der Waals surface area contributed by atoms with Crippen LogP contribution in [0.25, 0.3) is 0 Å². The lowest BCUT2D eigenvalue weighted by Gasteiger charge is -2.32. The molecule has 0 aliphatic carbocycles. The number of esters is 1. The smallest absolute Gasteiger partial charge is 0.338 e. The first-order valence-electron chi connectivity index (χ1n) is 8.36. The minimum Gasteiger partial charge on any atom is -0.457 e. The zero-order valence-corrected chi connectivity index (χ0v) is 13.9. The maximum Gasteiger partial charge on any atom is 0.338 e. The third kappa shape index (κ3) is 4.67. The van der Waals surface area contributed by atoms with E-state index in [9.17, 15) is 4.79 Å². The van der Waals surface area contributed by atoms with Gasteiger partial charge in [0.05, 0.1) is 5.56 Å². The second-order valence-electron chi connectivity index (χ2n) is 5.32. The van der Waals surface area contributed by atoms with Crippen LogP contribution < -0.4 is 5.32 Å². The summed E-state index contributed by atoms with van der Waals surface area (Å²) >= 11 is 0. The summed E-state index contributed by atoms with van der Waals surface area (Å²) in [5.41, 5.74) is 1.85. The van der Waals surface area contributed by atoms with E-state index in [4.69, 9.17) is 4.74 Å². The van der Waals surface area contributed by atoms with Crippen LogP contribution in [0.4, 0.5) is 0 Å². The fourth-order valence-corrected chi connectivity index (χ4v) is 2.82. The minimum atomic E-state index is -0.245. The van der Waals surface area contributed by atoms with Gasteiger partial charge in [0.2, 0.25) is 0 Å². The molecule has 1 saturated heterocycles. The highest BCUT2D eigenvalue weighted by atomic mass is 16.5. The third-order valence-electron chi connectivity index (χ3n) is 3.92. The molecule has 122 valence electrons. The van der Waals surface area contributed by atoms with Gasteiger partial charge < -0.3 is 10.1 Å². The average molecular weight is 311 g/mol. The van der Waals surface area contributed by atoms with Gasteiger partial charge in [-0.3, -0.25) is 0 Å². The SMILES string of the molecule is CC.O=C(OC1CNCCC1c1ccccc1)c1ccccc1. The molecule has 0 radical (unpaired) electrons. The Kier molecular flexibility index (Phi) is 6.82. The van der Waals surface area contributed by atoms with E-state index in [0.29, 0.717) is 12.1 Å². The van der Waals surface area contributed by atoms with E-state index in [1.54, 1.807) is 12.1 Å². The quantitative estimate of drug-likeness (QED) is 0.870. The minimum absolute atomic E-state index is 0.117. The lowest BCUT2D eigenvalue weighted by molar-refractivity contribution is 0.0182. The van der Waals surface area contributed by atoms with Gasteiger partial charge in [0.1, 0.15) is 6.10 Å². The molecule has 2 unspecified atom stereocenters. The second-order valence-corrected chi connectivity index (χ2v) is 5.32. The Bertz CT molecular complexity index is 583. The largest absolute Gasteiger partial charge is 0.457 e. The predicted octanol–water partition coefficient (Wildman–Crippen LogP) is 4.02. The molecule has 1 heterocycles. The zero-order valence-electron chi connectivity index (χ0n) is 13.9. The topological polar surface area (TPSA) is 38.3 Å². The van der Waals surface area contributed by atoms with E-state index in [-0.39, 0.29) is 18.0 Å². The number of ether oxygens (including phenoxy) is 1. The highest BCUT2D eigenvalue weighted by molar-refractivity contribution is 5.89. The van der Waals surface area contributed by atoms with Gasteiger partial charge in [-0.1, -0.05) is 62.4 Å². The molecule has 1 aliphatic heterocycles. The molecular weight excluding hydrogens is 286 g/mol. The summed E-state index contributed by atoms with van der Waals surface area (Å²) in [5.74, 6) is 0.0188. The lowest BCUT2D eigenvalue weighted by atomic mass is 9.88. The van der Waals surface area contributed by atoms with Crippen LogP contribution >= 0.6 is 0 Å². The summed E-state index contributed by atoms with van der Waals surface area (Å²) in [6.45, 7) is 5.66. The number of piperidine rings is 1. The summed E-state index contributed by atoms with van der Waals surface area (Å²) in [7, 11) is 0. The fraction of sp³-hybridized carbons (Fsp3) is 0.350. The van der Waals surface area contributed by atoms with Gasteiger partial charge >= 0.3 is 5.97 Å². The molecule has 0 saturated carbocycles. The van der Waals surface area contributed by atoms with Gasteiger partial charge in [-0.25, -0.2) is 4.79 Å². The Labute approximate surface area is 138 Å². The van der Waals surface area contributed by atoms with Crippen molar-refractivity contribution in [2.24, 2.45) is 0 Å². The molecule has 0 spiro atoms. The first-order chi connectivity index (χ1) is 11.3. The van der Waals surface area contributed by atoms with E-state index in [1.165, 1.54) is 5.56 Å². The summed E-state index contributed by atoms with van der Waals surface area (Å²) in [6.07, 6.45) is 0.866. The van der Waals surface area contributed by atoms with E-state index >= 15 is 0 Å². The second kappa shape index (κ2) is 9.11. The highest BCUT2D eigenvalue weighted by Gasteiger charge is 2.29. The van der Waals surface area contributed by atoms with Crippen molar-refractivity contribution in [1.29, 1.82) is 0 Å². The number of nitrogens with one attached hydrogen (secondary N) is 1. The Morgan fingerprint density at radius 1 is 1.00 bits per heavy atom. The molecule has 0 bridgehead atoms. The van der Waals surface area contributed by atoms with Gasteiger partial charge in [0.25, 0.3) is 0 Å². The van der Waals surface area contributed by atoms with Crippen LogP contribution in [0.5, 0.6) is 0 Å². The van der Waals surface area contributed by atoms with Crippen LogP contribution in [-0.4, -0.2) is 25.2 Å². The van der Waals surface area contributed by atoms with E-state index in [1.807, 2.05) is 50.2 Å². The molecule has 2 aromatic rings. The number of hydrogen-bond donors (Lipinski definition) is 1. The summed E-state index contributed by atoms with van der Waals surface area (Å²) in [5, 5.41) is 3.31. The summed E-state index contributed by atoms with van der Waals surface area (Å²) in [4.78, 5) is 12.2. The van der Waals surface area contributed by atoms with Crippen LogP contribution in [-0.2, 0) is 4.74 Å². The normalized spacial score (nSPS) is 20.1. The maximum absolute atomic E-state index is 12.2. The molecule has 0 amide bonds. The molecule has 2 atom stereocenters. The zero-order chi connectivity index (χ0) is 16.5. The van der Waals surface area contributed by atoms with Gasteiger partial charge in [-0.15, -0.1) is 0 Å². The van der Waals surface area contributed by atoms with Gasteiger partial charge in [0, 0.05) is 12.5 Å². The van der Waals surface area contributed by atoms with Crippen LogP contribution in [0, 0.1) is 0 Å². The monoisotopic (exact) mass is 311 g/mol. The van der Waals surface area contributed by atoms with E-state index in [0.717, 1.165) is 13.0 Å². The first-order valence-corrected chi connectivity index (χ1v) is 8.36. The molecule has 3 rings (SSSR count). The van der Waals surface area contributed by atoms with E-state index in [2.05, 4.69) is 17.4 Å². The number of hydrogen-bond acceptors (Lipinski definition) is 3. The van der Waals surface area contributed by atoms with Crippen LogP contribution in [0.3, 0.4) is 0 Å². The standard InChI is InChI=1S/C18H19NO2.C2H6/c20-18(15-9-5-2-6-10-15)21-17-13-19-12-11-16(17)14-7-3-1-4-8-14;1-2/h1-10,16-17,19H,11-13H2;1-2H3. The Balaban J connectivity index is 0.000000924. The lowest BCUT2D eigenvalue weighted by Crippen LogP contribution is -2.42. The van der Waals surface area contributed by atoms with Crippen molar-refractivity contribution in [1.82, 2.24) is 5.32 Å². The van der Waals surface area contributed by atoms with Crippen molar-refractivity contribution >= 4 is 5.97 Å². The van der Waals surface area contributed by atoms with Crippen LogP contribution in [0.1, 0.15) is 42.1 Å². The molecule has 3 nitrogen and oxygen atoms in total. The van der Waals surface area contributed by atoms with E-state index < -0.39 is 0 Å². The van der Waals surface area contributed by atoms with Crippen LogP contribution in [0.2, 0.25) is 0 Å². The summed E-state index contributed by atoms with van der Waals surface area (Å²) in [6, 6.07) is 19.5. The maximum atomic E-state index is 12.2. The van der Waals surface area contributed by atoms with Crippen molar-refractivity contribution in [3.63, 3.8) is 0 Å². The fourth-order valence-electron chi connectivity index (χ4n) is 2.82. The molecule has 1 fully saturated rings. The Morgan fingerprint density at radius 2 is 1.61 bits per heavy atom. The number of rotatable bonds is 3. The Hall–Kier alpha value is -2.13. The number of benzene rings is 2. The van der Waals surface area contributed by atoms with Gasteiger partial charge in [0.15, 0.2) is 0 Å². The molecule has 2 aromatic carbocycles. The molecule has 1 aliphatic rings. The average Bonchev–Trinajstić information content (AvgIpc) is 2.65. The van der Waals surface area contributed by atoms with Crippen molar-refractivity contribution in [2.45, 2.75) is 32.3 Å². The molecule has 3 heteroatoms. The summed E-state index contributed by atoms with van der Waals surface area (Å²) < 4.78 is 5.74. The number of carbonyl (C=O) groups is 1. The number of carbonyl (C=O) groups excluding carboxylic acids is 1. The van der Waals surface area contributed by atoms with Crippen LogP contribution in [0.15, 0.2) is 60.7 Å². The van der Waals surface area contributed by atoms with Gasteiger partial charge in [-0.2, -0.15) is 0 Å². The third-order valence-corrected chi connectivity index (χ3v) is 3.92. The molecule has 1 N–H and O–H groups in total. The van der Waals surface area contributed by atoms with Crippen molar-refractivity contribution in [3.05, 3.63) is 71.8 Å². The predicted molar refractivity (Wildman–Crippen MR) is 93.7 cm³/mol. The van der Waals surface area contributed by atoms with Gasteiger partial charge in [-0.05, 0) is 30.7 Å².